The fourth-order valence-electron chi connectivity index (χ4n) is 1.96. The molecule has 0 unspecified atom stereocenters. The summed E-state index contributed by atoms with van der Waals surface area (Å²) in [6, 6.07) is 4.03. The second-order valence-corrected chi connectivity index (χ2v) is 5.37. The first-order chi connectivity index (χ1) is 9.10. The summed E-state index contributed by atoms with van der Waals surface area (Å²) in [5.74, 6) is 1.68. The highest BCUT2D eigenvalue weighted by molar-refractivity contribution is 5.46. The molecule has 2 N–H and O–H groups in total. The molecule has 0 saturated heterocycles. The van der Waals surface area contributed by atoms with Crippen molar-refractivity contribution in [3.05, 3.63) is 24.0 Å². The minimum Gasteiger partial charge on any atom is -0.358 e. The first-order valence-electron chi connectivity index (χ1n) is 6.86. The average Bonchev–Trinajstić information content (AvgIpc) is 2.77. The monoisotopic (exact) mass is 261 g/mol. The van der Waals surface area contributed by atoms with Gasteiger partial charge in [-0.25, -0.2) is 9.50 Å². The Morgan fingerprint density at radius 3 is 2.84 bits per heavy atom. The summed E-state index contributed by atoms with van der Waals surface area (Å²) < 4.78 is 1.84. The van der Waals surface area contributed by atoms with Crippen molar-refractivity contribution in [2.75, 3.05) is 25.0 Å². The van der Waals surface area contributed by atoms with Gasteiger partial charge >= 0.3 is 0 Å². The molecule has 0 aromatic carbocycles. The van der Waals surface area contributed by atoms with Crippen molar-refractivity contribution in [1.82, 2.24) is 14.6 Å². The molecule has 0 saturated carbocycles. The molecule has 2 rings (SSSR count). The van der Waals surface area contributed by atoms with E-state index in [1.54, 1.807) is 0 Å². The molecule has 0 aliphatic carbocycles. The summed E-state index contributed by atoms with van der Waals surface area (Å²) in [6.07, 6.45) is 3.92. The van der Waals surface area contributed by atoms with Gasteiger partial charge in [-0.1, -0.05) is 13.8 Å². The van der Waals surface area contributed by atoms with Crippen LogP contribution in [0.25, 0.3) is 5.65 Å². The molecule has 2 aromatic heterocycles. The lowest BCUT2D eigenvalue weighted by molar-refractivity contribution is 0.582. The first kappa shape index (κ1) is 13.8. The van der Waals surface area contributed by atoms with E-state index in [1.807, 2.05) is 22.8 Å². The maximum Gasteiger partial charge on any atom is 0.153 e. The van der Waals surface area contributed by atoms with Gasteiger partial charge in [0.25, 0.3) is 0 Å². The van der Waals surface area contributed by atoms with E-state index < -0.39 is 0 Å². The zero-order valence-corrected chi connectivity index (χ0v) is 12.0. The summed E-state index contributed by atoms with van der Waals surface area (Å²) >= 11 is 0. The minimum atomic E-state index is 0.616. The molecule has 104 valence electrons. The molecule has 0 fully saturated rings. The van der Waals surface area contributed by atoms with Gasteiger partial charge in [-0.15, -0.1) is 5.10 Å². The van der Waals surface area contributed by atoms with E-state index in [0.29, 0.717) is 12.5 Å². The van der Waals surface area contributed by atoms with E-state index in [1.165, 1.54) is 6.42 Å². The molecule has 0 bridgehead atoms. The molecule has 0 amide bonds. The van der Waals surface area contributed by atoms with Crippen molar-refractivity contribution < 1.29 is 0 Å². The largest absolute Gasteiger partial charge is 0.358 e. The van der Waals surface area contributed by atoms with E-state index in [4.69, 9.17) is 5.73 Å². The van der Waals surface area contributed by atoms with Gasteiger partial charge in [0, 0.05) is 20.0 Å². The van der Waals surface area contributed by atoms with Crippen LogP contribution in [0.1, 0.15) is 26.0 Å². The first-order valence-corrected chi connectivity index (χ1v) is 6.86. The van der Waals surface area contributed by atoms with Crippen molar-refractivity contribution in [3.63, 3.8) is 0 Å². The lowest BCUT2D eigenvalue weighted by Gasteiger charge is -2.18. The fraction of sp³-hybridized carbons (Fsp3) is 0.571. The van der Waals surface area contributed by atoms with Gasteiger partial charge in [-0.05, 0) is 31.0 Å². The third-order valence-corrected chi connectivity index (χ3v) is 3.19. The highest BCUT2D eigenvalue weighted by Crippen LogP contribution is 2.13. The van der Waals surface area contributed by atoms with Crippen molar-refractivity contribution in [1.29, 1.82) is 0 Å². The zero-order valence-electron chi connectivity index (χ0n) is 12.0. The molecule has 5 nitrogen and oxygen atoms in total. The predicted molar refractivity (Wildman–Crippen MR) is 78.5 cm³/mol. The third kappa shape index (κ3) is 3.44. The van der Waals surface area contributed by atoms with Gasteiger partial charge < -0.3 is 10.6 Å². The smallest absolute Gasteiger partial charge is 0.153 e. The molecule has 0 spiro atoms. The van der Waals surface area contributed by atoms with Gasteiger partial charge in [-0.2, -0.15) is 0 Å². The SMILES string of the molecule is CC(C)CCN(C)c1ccc2nc(CCN)cn2n1. The molecule has 0 aliphatic rings. The number of anilines is 1. The number of hydrogen-bond donors (Lipinski definition) is 1. The van der Waals surface area contributed by atoms with E-state index >= 15 is 0 Å². The number of hydrogen-bond acceptors (Lipinski definition) is 4. The Morgan fingerprint density at radius 1 is 1.37 bits per heavy atom. The Hall–Kier alpha value is -1.62. The maximum absolute atomic E-state index is 5.55. The Bertz CT molecular complexity index is 532. The molecule has 0 radical (unpaired) electrons. The molecule has 2 aromatic rings. The fourth-order valence-corrected chi connectivity index (χ4v) is 1.96. The number of aromatic nitrogens is 3. The topological polar surface area (TPSA) is 59.5 Å². The van der Waals surface area contributed by atoms with Crippen LogP contribution >= 0.6 is 0 Å². The van der Waals surface area contributed by atoms with E-state index in [9.17, 15) is 0 Å². The number of nitrogens with two attached hydrogens (primary N) is 1. The summed E-state index contributed by atoms with van der Waals surface area (Å²) in [5.41, 5.74) is 7.43. The highest BCUT2D eigenvalue weighted by Gasteiger charge is 2.07. The van der Waals surface area contributed by atoms with E-state index in [0.717, 1.165) is 30.1 Å². The Kier molecular flexibility index (Phi) is 4.37. The van der Waals surface area contributed by atoms with Crippen LogP contribution < -0.4 is 10.6 Å². The van der Waals surface area contributed by atoms with Crippen molar-refractivity contribution in [3.8, 4) is 0 Å². The second-order valence-electron chi connectivity index (χ2n) is 5.37. The summed E-state index contributed by atoms with van der Waals surface area (Å²) in [6.45, 7) is 6.10. The average molecular weight is 261 g/mol. The predicted octanol–water partition coefficient (Wildman–Crippen LogP) is 1.71. The van der Waals surface area contributed by atoms with Gasteiger partial charge in [0.2, 0.25) is 0 Å². The number of nitrogens with zero attached hydrogens (tertiary/aromatic N) is 4. The summed E-state index contributed by atoms with van der Waals surface area (Å²) in [7, 11) is 2.08. The van der Waals surface area contributed by atoms with Gasteiger partial charge in [0.15, 0.2) is 5.65 Å². The van der Waals surface area contributed by atoms with Gasteiger partial charge in [0.1, 0.15) is 5.82 Å². The Labute approximate surface area is 114 Å². The normalized spacial score (nSPS) is 11.4. The van der Waals surface area contributed by atoms with Crippen LogP contribution in [-0.2, 0) is 6.42 Å². The molecule has 0 atom stereocenters. The molecule has 0 aliphatic heterocycles. The lowest BCUT2D eigenvalue weighted by Crippen LogP contribution is -2.21. The van der Waals surface area contributed by atoms with Crippen LogP contribution in [0.4, 0.5) is 5.82 Å². The summed E-state index contributed by atoms with van der Waals surface area (Å²) in [5, 5.41) is 4.60. The summed E-state index contributed by atoms with van der Waals surface area (Å²) in [4.78, 5) is 6.66. The Morgan fingerprint density at radius 2 is 2.16 bits per heavy atom. The molecule has 19 heavy (non-hydrogen) atoms. The van der Waals surface area contributed by atoms with Crippen LogP contribution in [0, 0.1) is 5.92 Å². The van der Waals surface area contributed by atoms with E-state index in [2.05, 4.69) is 35.9 Å². The van der Waals surface area contributed by atoms with Crippen LogP contribution in [-0.4, -0.2) is 34.7 Å². The number of fused-ring (bicyclic) bond motifs is 1. The quantitative estimate of drug-likeness (QED) is 0.860. The van der Waals surface area contributed by atoms with Crippen molar-refractivity contribution >= 4 is 11.5 Å². The maximum atomic E-state index is 5.55. The molecular formula is C14H23N5. The second kappa shape index (κ2) is 6.02. The Balaban J connectivity index is 2.15. The van der Waals surface area contributed by atoms with Gasteiger partial charge in [0.05, 0.1) is 11.9 Å². The van der Waals surface area contributed by atoms with Crippen molar-refractivity contribution in [2.24, 2.45) is 11.7 Å². The highest BCUT2D eigenvalue weighted by atomic mass is 15.3. The van der Waals surface area contributed by atoms with E-state index in [-0.39, 0.29) is 0 Å². The third-order valence-electron chi connectivity index (χ3n) is 3.19. The zero-order chi connectivity index (χ0) is 13.8. The standard InChI is InChI=1S/C14H23N5/c1-11(2)7-9-18(3)14-5-4-13-16-12(6-8-15)10-19(13)17-14/h4-5,10-11H,6-9,15H2,1-3H3. The van der Waals surface area contributed by atoms with Crippen LogP contribution in [0.3, 0.4) is 0 Å². The molecule has 2 heterocycles. The van der Waals surface area contributed by atoms with Crippen LogP contribution in [0.5, 0.6) is 0 Å². The minimum absolute atomic E-state index is 0.616. The van der Waals surface area contributed by atoms with Crippen molar-refractivity contribution in [2.45, 2.75) is 26.7 Å². The number of rotatable bonds is 6. The van der Waals surface area contributed by atoms with Crippen LogP contribution in [0.15, 0.2) is 18.3 Å². The number of imidazole rings is 1. The van der Waals surface area contributed by atoms with Crippen LogP contribution in [0.2, 0.25) is 0 Å². The molecule has 5 heteroatoms. The van der Waals surface area contributed by atoms with Gasteiger partial charge in [-0.3, -0.25) is 0 Å². The lowest BCUT2D eigenvalue weighted by atomic mass is 10.1. The molecular weight excluding hydrogens is 238 g/mol.